The largest absolute Gasteiger partial charge is 0.245 e. The summed E-state index contributed by atoms with van der Waals surface area (Å²) in [6, 6.07) is 1.84. The molecule has 1 aromatic rings. The molecule has 0 aliphatic rings. The quantitative estimate of drug-likeness (QED) is 0.526. The lowest BCUT2D eigenvalue weighted by molar-refractivity contribution is 1.21. The molecule has 3 heteroatoms. The van der Waals surface area contributed by atoms with Gasteiger partial charge in [0.05, 0.1) is 0 Å². The Hall–Kier alpha value is -1.09. The minimum atomic E-state index is 0.595. The Labute approximate surface area is 71.1 Å². The maximum atomic E-state index is 4.12. The molecule has 0 amide bonds. The van der Waals surface area contributed by atoms with Crippen molar-refractivity contribution >= 4 is 31.2 Å². The van der Waals surface area contributed by atoms with Crippen LogP contribution in [0.3, 0.4) is 0 Å². The Morgan fingerprint density at radius 1 is 1.64 bits per heavy atom. The van der Waals surface area contributed by atoms with E-state index >= 15 is 0 Å². The molecule has 0 aliphatic heterocycles. The van der Waals surface area contributed by atoms with Gasteiger partial charge in [0, 0.05) is 16.7 Å². The molecule has 56 valence electrons. The molecule has 1 aromatic heterocycles. The van der Waals surface area contributed by atoms with Crippen molar-refractivity contribution in [1.29, 1.82) is 0 Å². The Balaban J connectivity index is 3.26. The van der Waals surface area contributed by atoms with Gasteiger partial charge in [0.1, 0.15) is 0 Å². The zero-order valence-corrected chi connectivity index (χ0v) is 6.88. The van der Waals surface area contributed by atoms with E-state index in [2.05, 4.69) is 35.9 Å². The van der Waals surface area contributed by atoms with Crippen molar-refractivity contribution in [2.45, 2.75) is 4.90 Å². The molecule has 2 nitrogen and oxygen atoms in total. The number of aromatic nitrogens is 1. The minimum absolute atomic E-state index is 0.595. The van der Waals surface area contributed by atoms with Gasteiger partial charge in [-0.25, -0.2) is 9.98 Å². The smallest absolute Gasteiger partial charge is 0.158 e. The Kier molecular flexibility index (Phi) is 2.44. The van der Waals surface area contributed by atoms with E-state index in [9.17, 15) is 0 Å². The molecule has 11 heavy (non-hydrogen) atoms. The van der Waals surface area contributed by atoms with E-state index < -0.39 is 0 Å². The number of hydrogen-bond donors (Lipinski definition) is 1. The highest BCUT2D eigenvalue weighted by Crippen LogP contribution is 2.18. The monoisotopic (exact) mass is 164 g/mol. The first kappa shape index (κ1) is 8.01. The number of hydrogen-bond acceptors (Lipinski definition) is 3. The maximum Gasteiger partial charge on any atom is 0.158 e. The summed E-state index contributed by atoms with van der Waals surface area (Å²) in [5.41, 5.74) is 0.854. The Morgan fingerprint density at radius 2 is 2.36 bits per heavy atom. The van der Waals surface area contributed by atoms with Crippen molar-refractivity contribution in [2.24, 2.45) is 4.99 Å². The lowest BCUT2D eigenvalue weighted by Crippen LogP contribution is -1.79. The molecular weight excluding hydrogens is 156 g/mol. The van der Waals surface area contributed by atoms with Gasteiger partial charge >= 0.3 is 0 Å². The van der Waals surface area contributed by atoms with E-state index in [0.29, 0.717) is 5.82 Å². The summed E-state index contributed by atoms with van der Waals surface area (Å²) in [5, 5.41) is 0. The maximum absolute atomic E-state index is 4.12. The molecule has 0 N–H and O–H groups in total. The van der Waals surface area contributed by atoms with Crippen molar-refractivity contribution in [2.75, 3.05) is 0 Å². The average molecular weight is 164 g/mol. The van der Waals surface area contributed by atoms with Gasteiger partial charge in [-0.05, 0) is 12.8 Å². The molecule has 0 spiro atoms. The van der Waals surface area contributed by atoms with Gasteiger partial charge in [-0.15, -0.1) is 12.6 Å². The highest BCUT2D eigenvalue weighted by atomic mass is 32.1. The number of pyridine rings is 1. The fraction of sp³-hybridized carbons (Fsp3) is 0. The first-order valence-corrected chi connectivity index (χ1v) is 3.51. The predicted molar refractivity (Wildman–Crippen MR) is 50.8 cm³/mol. The van der Waals surface area contributed by atoms with Crippen LogP contribution in [0.15, 0.2) is 28.7 Å². The molecule has 1 heterocycles. The van der Waals surface area contributed by atoms with Gasteiger partial charge in [-0.3, -0.25) is 0 Å². The molecular formula is C8H8N2S. The summed E-state index contributed by atoms with van der Waals surface area (Å²) in [6.07, 6.45) is 3.30. The van der Waals surface area contributed by atoms with Crippen molar-refractivity contribution in [3.63, 3.8) is 0 Å². The Morgan fingerprint density at radius 3 is 2.91 bits per heavy atom. The number of thiol groups is 1. The van der Waals surface area contributed by atoms with E-state index in [1.165, 1.54) is 0 Å². The second kappa shape index (κ2) is 3.34. The Bertz CT molecular complexity index is 294. The van der Waals surface area contributed by atoms with Crippen LogP contribution in [0.4, 0.5) is 5.82 Å². The molecule has 0 atom stereocenters. The fourth-order valence-electron chi connectivity index (χ4n) is 0.745. The lowest BCUT2D eigenvalue weighted by atomic mass is 10.2. The van der Waals surface area contributed by atoms with Crippen LogP contribution in [-0.4, -0.2) is 11.7 Å². The zero-order chi connectivity index (χ0) is 8.27. The standard InChI is InChI=1S/C8H8N2S/c1-3-6-4-7(11)5-10-8(6)9-2/h3-5,11H,1-2H2. The minimum Gasteiger partial charge on any atom is -0.245 e. The van der Waals surface area contributed by atoms with E-state index in [-0.39, 0.29) is 0 Å². The lowest BCUT2D eigenvalue weighted by Gasteiger charge is -1.98. The van der Waals surface area contributed by atoms with Gasteiger partial charge in [0.15, 0.2) is 5.82 Å². The van der Waals surface area contributed by atoms with Gasteiger partial charge in [-0.1, -0.05) is 12.7 Å². The van der Waals surface area contributed by atoms with Gasteiger partial charge in [0.2, 0.25) is 0 Å². The summed E-state index contributed by atoms with van der Waals surface area (Å²) in [5.74, 6) is 0.595. The topological polar surface area (TPSA) is 25.2 Å². The number of rotatable bonds is 2. The molecule has 0 aliphatic carbocycles. The van der Waals surface area contributed by atoms with Crippen molar-refractivity contribution in [3.05, 3.63) is 24.4 Å². The van der Waals surface area contributed by atoms with Crippen LogP contribution in [0.5, 0.6) is 0 Å². The molecule has 0 radical (unpaired) electrons. The fourth-order valence-corrected chi connectivity index (χ4v) is 0.942. The van der Waals surface area contributed by atoms with E-state index in [4.69, 9.17) is 0 Å². The van der Waals surface area contributed by atoms with Gasteiger partial charge < -0.3 is 0 Å². The van der Waals surface area contributed by atoms with E-state index in [0.717, 1.165) is 10.5 Å². The average Bonchev–Trinajstić information content (AvgIpc) is 2.04. The van der Waals surface area contributed by atoms with E-state index in [1.54, 1.807) is 12.3 Å². The zero-order valence-electron chi connectivity index (χ0n) is 5.99. The SMILES string of the molecule is C=Cc1cc(S)cnc1N=C. The van der Waals surface area contributed by atoms with Crippen molar-refractivity contribution < 1.29 is 0 Å². The molecule has 0 saturated heterocycles. The normalized spacial score (nSPS) is 9.18. The third-order valence-electron chi connectivity index (χ3n) is 1.25. The van der Waals surface area contributed by atoms with Crippen LogP contribution >= 0.6 is 12.6 Å². The summed E-state index contributed by atoms with van der Waals surface area (Å²) in [4.78, 5) is 8.51. The molecule has 0 unspecified atom stereocenters. The molecule has 1 rings (SSSR count). The van der Waals surface area contributed by atoms with Gasteiger partial charge in [-0.2, -0.15) is 0 Å². The van der Waals surface area contributed by atoms with E-state index in [1.807, 2.05) is 6.07 Å². The third-order valence-corrected chi connectivity index (χ3v) is 1.49. The first-order valence-electron chi connectivity index (χ1n) is 3.06. The summed E-state index contributed by atoms with van der Waals surface area (Å²) < 4.78 is 0. The van der Waals surface area contributed by atoms with Crippen LogP contribution in [0, 0.1) is 0 Å². The van der Waals surface area contributed by atoms with Crippen LogP contribution in [0.2, 0.25) is 0 Å². The summed E-state index contributed by atoms with van der Waals surface area (Å²) in [6.45, 7) is 7.00. The third kappa shape index (κ3) is 1.68. The first-order chi connectivity index (χ1) is 5.27. The van der Waals surface area contributed by atoms with Crippen molar-refractivity contribution in [1.82, 2.24) is 4.98 Å². The summed E-state index contributed by atoms with van der Waals surface area (Å²) in [7, 11) is 0. The number of aliphatic imine (C=N–C) groups is 1. The van der Waals surface area contributed by atoms with Gasteiger partial charge in [0.25, 0.3) is 0 Å². The predicted octanol–water partition coefficient (Wildman–Crippen LogP) is 2.35. The molecule has 0 bridgehead atoms. The van der Waals surface area contributed by atoms with Crippen molar-refractivity contribution in [3.8, 4) is 0 Å². The molecule has 0 saturated carbocycles. The van der Waals surface area contributed by atoms with Crippen LogP contribution in [0.1, 0.15) is 5.56 Å². The van der Waals surface area contributed by atoms with Crippen LogP contribution in [0.25, 0.3) is 6.08 Å². The molecule has 0 aromatic carbocycles. The van der Waals surface area contributed by atoms with Crippen LogP contribution in [-0.2, 0) is 0 Å². The van der Waals surface area contributed by atoms with Crippen LogP contribution < -0.4 is 0 Å². The second-order valence-electron chi connectivity index (χ2n) is 1.97. The molecule has 0 fully saturated rings. The summed E-state index contributed by atoms with van der Waals surface area (Å²) >= 11 is 4.12. The highest BCUT2D eigenvalue weighted by Gasteiger charge is 1.96. The number of nitrogens with zero attached hydrogens (tertiary/aromatic N) is 2. The second-order valence-corrected chi connectivity index (χ2v) is 2.48. The highest BCUT2D eigenvalue weighted by molar-refractivity contribution is 7.80.